The third-order valence-electron chi connectivity index (χ3n) is 5.99. The van der Waals surface area contributed by atoms with Gasteiger partial charge in [0.2, 0.25) is 11.8 Å². The first-order valence-corrected chi connectivity index (χ1v) is 10.7. The number of aryl methyl sites for hydroxylation is 1. The fourth-order valence-electron chi connectivity index (χ4n) is 3.63. The molecule has 29 heavy (non-hydrogen) atoms. The van der Waals surface area contributed by atoms with Gasteiger partial charge in [0, 0.05) is 31.1 Å². The van der Waals surface area contributed by atoms with Crippen LogP contribution in [-0.2, 0) is 9.59 Å². The van der Waals surface area contributed by atoms with Crippen molar-refractivity contribution in [1.82, 2.24) is 15.5 Å². The molecule has 0 saturated carbocycles. The summed E-state index contributed by atoms with van der Waals surface area (Å²) in [6, 6.07) is 6.79. The van der Waals surface area contributed by atoms with E-state index in [0.717, 1.165) is 5.56 Å². The van der Waals surface area contributed by atoms with E-state index in [2.05, 4.69) is 24.5 Å². The number of carbonyl (C=O) groups excluding carboxylic acids is 3. The van der Waals surface area contributed by atoms with E-state index in [-0.39, 0.29) is 29.7 Å². The van der Waals surface area contributed by atoms with Crippen LogP contribution in [0, 0.1) is 18.8 Å². The number of rotatable bonds is 7. The van der Waals surface area contributed by atoms with Crippen LogP contribution >= 0.6 is 0 Å². The van der Waals surface area contributed by atoms with Gasteiger partial charge in [-0.05, 0) is 50.2 Å². The first kappa shape index (κ1) is 22.9. The molecule has 0 spiro atoms. The van der Waals surface area contributed by atoms with Gasteiger partial charge in [0.1, 0.15) is 6.04 Å². The fraction of sp³-hybridized carbons (Fsp3) is 0.609. The highest BCUT2D eigenvalue weighted by Crippen LogP contribution is 2.22. The number of benzene rings is 1. The highest BCUT2D eigenvalue weighted by atomic mass is 16.2. The number of hydrogen-bond acceptors (Lipinski definition) is 3. The predicted molar refractivity (Wildman–Crippen MR) is 114 cm³/mol. The molecule has 0 unspecified atom stereocenters. The van der Waals surface area contributed by atoms with E-state index in [4.69, 9.17) is 0 Å². The van der Waals surface area contributed by atoms with E-state index < -0.39 is 6.04 Å². The lowest BCUT2D eigenvalue weighted by Gasteiger charge is -2.36. The fourth-order valence-corrected chi connectivity index (χ4v) is 3.63. The number of carbonyl (C=O) groups is 3. The molecule has 3 amide bonds. The average molecular weight is 402 g/mol. The zero-order chi connectivity index (χ0) is 21.6. The minimum absolute atomic E-state index is 0.00300. The van der Waals surface area contributed by atoms with Gasteiger partial charge in [-0.1, -0.05) is 39.0 Å². The molecule has 1 saturated heterocycles. The van der Waals surface area contributed by atoms with Crippen molar-refractivity contribution in [1.29, 1.82) is 0 Å². The summed E-state index contributed by atoms with van der Waals surface area (Å²) < 4.78 is 0. The molecule has 2 rings (SSSR count). The molecule has 1 aromatic rings. The maximum absolute atomic E-state index is 13.1. The zero-order valence-corrected chi connectivity index (χ0v) is 18.3. The molecule has 1 aliphatic heterocycles. The first-order chi connectivity index (χ1) is 13.7. The summed E-state index contributed by atoms with van der Waals surface area (Å²) in [5.41, 5.74) is 1.46. The summed E-state index contributed by atoms with van der Waals surface area (Å²) >= 11 is 0. The molecule has 6 heteroatoms. The Bertz CT molecular complexity index is 724. The Morgan fingerprint density at radius 3 is 2.24 bits per heavy atom. The minimum atomic E-state index is -0.609. The minimum Gasteiger partial charge on any atom is -0.352 e. The first-order valence-electron chi connectivity index (χ1n) is 10.7. The molecule has 1 fully saturated rings. The Morgan fingerprint density at radius 2 is 1.69 bits per heavy atom. The maximum atomic E-state index is 13.1. The van der Waals surface area contributed by atoms with Gasteiger partial charge < -0.3 is 15.5 Å². The Labute approximate surface area is 174 Å². The summed E-state index contributed by atoms with van der Waals surface area (Å²) in [7, 11) is 0. The molecular formula is C23H35N3O3. The third-order valence-corrected chi connectivity index (χ3v) is 5.99. The van der Waals surface area contributed by atoms with Crippen LogP contribution < -0.4 is 10.6 Å². The molecule has 2 N–H and O–H groups in total. The molecule has 1 aliphatic rings. The molecule has 2 atom stereocenters. The number of hydrogen-bond donors (Lipinski definition) is 2. The van der Waals surface area contributed by atoms with Crippen molar-refractivity contribution in [3.05, 3.63) is 35.4 Å². The summed E-state index contributed by atoms with van der Waals surface area (Å²) in [5, 5.41) is 6.05. The van der Waals surface area contributed by atoms with Crippen LogP contribution in [-0.4, -0.2) is 47.8 Å². The SMILES string of the molecule is CCC(=O)N1CCC([C@H](NC(=O)c2ccccc2C)C(=O)N[C@H](C)C(C)C)CC1. The summed E-state index contributed by atoms with van der Waals surface area (Å²) in [5.74, 6) is 0.0710. The predicted octanol–water partition coefficient (Wildman–Crippen LogP) is 2.90. The Hall–Kier alpha value is -2.37. The van der Waals surface area contributed by atoms with Crippen molar-refractivity contribution in [2.45, 2.75) is 66.0 Å². The molecule has 0 bridgehead atoms. The van der Waals surface area contributed by atoms with Gasteiger partial charge in [-0.25, -0.2) is 0 Å². The van der Waals surface area contributed by atoms with Crippen LogP contribution in [0.4, 0.5) is 0 Å². The average Bonchev–Trinajstić information content (AvgIpc) is 2.71. The van der Waals surface area contributed by atoms with Gasteiger partial charge in [0.25, 0.3) is 5.91 Å². The molecular weight excluding hydrogens is 366 g/mol. The second kappa shape index (κ2) is 10.4. The van der Waals surface area contributed by atoms with E-state index in [1.165, 1.54) is 0 Å². The molecule has 160 valence electrons. The summed E-state index contributed by atoms with van der Waals surface area (Å²) in [4.78, 5) is 39.8. The number of amides is 3. The lowest BCUT2D eigenvalue weighted by atomic mass is 9.88. The molecule has 1 heterocycles. The second-order valence-corrected chi connectivity index (χ2v) is 8.38. The van der Waals surface area contributed by atoms with E-state index in [0.29, 0.717) is 43.8 Å². The van der Waals surface area contributed by atoms with Gasteiger partial charge in [-0.15, -0.1) is 0 Å². The molecule has 1 aromatic carbocycles. The number of nitrogens with one attached hydrogen (secondary N) is 2. The lowest BCUT2D eigenvalue weighted by molar-refractivity contribution is -0.132. The van der Waals surface area contributed by atoms with Crippen molar-refractivity contribution in [2.24, 2.45) is 11.8 Å². The quantitative estimate of drug-likeness (QED) is 0.737. The van der Waals surface area contributed by atoms with Crippen LogP contribution in [0.15, 0.2) is 24.3 Å². The van der Waals surface area contributed by atoms with Crippen LogP contribution in [0.2, 0.25) is 0 Å². The number of nitrogens with zero attached hydrogens (tertiary/aromatic N) is 1. The molecule has 0 aliphatic carbocycles. The van der Waals surface area contributed by atoms with Crippen molar-refractivity contribution in [3.63, 3.8) is 0 Å². The normalized spacial score (nSPS) is 17.0. The van der Waals surface area contributed by atoms with Crippen molar-refractivity contribution in [3.8, 4) is 0 Å². The van der Waals surface area contributed by atoms with Crippen molar-refractivity contribution < 1.29 is 14.4 Å². The Kier molecular flexibility index (Phi) is 8.23. The van der Waals surface area contributed by atoms with Gasteiger partial charge in [0.05, 0.1) is 0 Å². The Balaban J connectivity index is 2.15. The van der Waals surface area contributed by atoms with Gasteiger partial charge in [0.15, 0.2) is 0 Å². The standard InChI is InChI=1S/C23H35N3O3/c1-6-20(27)26-13-11-18(12-14-26)21(23(29)24-17(5)15(2)3)25-22(28)19-10-8-7-9-16(19)4/h7-10,15,17-18,21H,6,11-14H2,1-5H3,(H,24,29)(H,25,28)/t17-,21+/m1/s1. The van der Waals surface area contributed by atoms with Crippen LogP contribution in [0.25, 0.3) is 0 Å². The second-order valence-electron chi connectivity index (χ2n) is 8.38. The van der Waals surface area contributed by atoms with E-state index in [1.807, 2.05) is 43.9 Å². The summed E-state index contributed by atoms with van der Waals surface area (Å²) in [6.45, 7) is 11.1. The largest absolute Gasteiger partial charge is 0.352 e. The highest BCUT2D eigenvalue weighted by molar-refractivity contribution is 5.98. The van der Waals surface area contributed by atoms with E-state index >= 15 is 0 Å². The number of likely N-dealkylation sites (tertiary alicyclic amines) is 1. The smallest absolute Gasteiger partial charge is 0.252 e. The highest BCUT2D eigenvalue weighted by Gasteiger charge is 2.34. The number of piperidine rings is 1. The van der Waals surface area contributed by atoms with E-state index in [1.54, 1.807) is 6.07 Å². The van der Waals surface area contributed by atoms with Crippen LogP contribution in [0.3, 0.4) is 0 Å². The summed E-state index contributed by atoms with van der Waals surface area (Å²) in [6.07, 6.45) is 1.90. The Morgan fingerprint density at radius 1 is 1.07 bits per heavy atom. The van der Waals surface area contributed by atoms with Crippen LogP contribution in [0.1, 0.15) is 62.9 Å². The van der Waals surface area contributed by atoms with Gasteiger partial charge >= 0.3 is 0 Å². The maximum Gasteiger partial charge on any atom is 0.252 e. The van der Waals surface area contributed by atoms with Crippen molar-refractivity contribution in [2.75, 3.05) is 13.1 Å². The van der Waals surface area contributed by atoms with Gasteiger partial charge in [-0.3, -0.25) is 14.4 Å². The molecule has 6 nitrogen and oxygen atoms in total. The topological polar surface area (TPSA) is 78.5 Å². The van der Waals surface area contributed by atoms with Crippen LogP contribution in [0.5, 0.6) is 0 Å². The van der Waals surface area contributed by atoms with E-state index in [9.17, 15) is 14.4 Å². The lowest BCUT2D eigenvalue weighted by Crippen LogP contribution is -2.55. The molecule has 0 radical (unpaired) electrons. The zero-order valence-electron chi connectivity index (χ0n) is 18.3. The van der Waals surface area contributed by atoms with Crippen molar-refractivity contribution >= 4 is 17.7 Å². The monoisotopic (exact) mass is 401 g/mol. The molecule has 0 aromatic heterocycles. The van der Waals surface area contributed by atoms with Gasteiger partial charge in [-0.2, -0.15) is 0 Å². The third kappa shape index (κ3) is 6.05.